The van der Waals surface area contributed by atoms with E-state index in [0.29, 0.717) is 6.42 Å². The number of carbonyl (C=O) groups excluding carboxylic acids is 1. The second kappa shape index (κ2) is 12.1. The van der Waals surface area contributed by atoms with E-state index in [1.807, 2.05) is 11.9 Å². The van der Waals surface area contributed by atoms with Gasteiger partial charge in [-0.3, -0.25) is 24.0 Å². The molecule has 12 nitrogen and oxygen atoms in total. The van der Waals surface area contributed by atoms with Crippen LogP contribution < -0.4 is 15.8 Å². The van der Waals surface area contributed by atoms with Crippen molar-refractivity contribution in [1.82, 2.24) is 14.4 Å². The van der Waals surface area contributed by atoms with Gasteiger partial charge in [0.25, 0.3) is 5.56 Å². The number of aliphatic hydroxyl groups is 1. The van der Waals surface area contributed by atoms with Gasteiger partial charge in [0, 0.05) is 16.8 Å². The lowest BCUT2D eigenvalue weighted by atomic mass is 9.98. The number of ether oxygens (including phenoxy) is 2. The molecule has 1 saturated heterocycles. The molecule has 3 rings (SSSR count). The largest absolute Gasteiger partial charge is 0.693 e. The molecule has 2 heterocycles. The summed E-state index contributed by atoms with van der Waals surface area (Å²) >= 11 is 0. The summed E-state index contributed by atoms with van der Waals surface area (Å²) in [6.45, 7) is 5.38. The first kappa shape index (κ1) is 28.6. The van der Waals surface area contributed by atoms with Gasteiger partial charge in [0.1, 0.15) is 18.8 Å². The Morgan fingerprint density at radius 1 is 1.30 bits per heavy atom. The van der Waals surface area contributed by atoms with Crippen LogP contribution in [0.25, 0.3) is 0 Å². The number of halogens is 1. The van der Waals surface area contributed by atoms with Crippen molar-refractivity contribution in [2.24, 2.45) is 0 Å². The van der Waals surface area contributed by atoms with Gasteiger partial charge in [-0.05, 0) is 39.3 Å². The molecule has 0 aliphatic carbocycles. The van der Waals surface area contributed by atoms with E-state index >= 15 is 4.39 Å². The molecule has 1 aliphatic heterocycles. The van der Waals surface area contributed by atoms with Crippen molar-refractivity contribution in [3.05, 3.63) is 63.4 Å². The standard InChI is InChI=1S/C23H29FN3O9P/c1-5-14(2)34-20(30)15(3)27(37(32)36-16-9-7-6-8-10-16)33-13-17-19(29)23(4,24)21(35-17)26-12-11-18(28)25-22(26)31/h6-12,14-15,17,19,21,29H,5,13H2,1-4H3/p+1/t14?,15-,17+,19+,21+,23+/m0/s1. The van der Waals surface area contributed by atoms with Crippen molar-refractivity contribution < 1.29 is 37.7 Å². The Bertz CT molecular complexity index is 1210. The number of hydrogen-bond donors (Lipinski definition) is 2. The number of nitrogens with zero attached hydrogens (tertiary/aromatic N) is 2. The fourth-order valence-electron chi connectivity index (χ4n) is 3.49. The lowest BCUT2D eigenvalue weighted by Crippen LogP contribution is -2.44. The van der Waals surface area contributed by atoms with Crippen molar-refractivity contribution >= 4 is 14.1 Å². The van der Waals surface area contributed by atoms with E-state index in [0.717, 1.165) is 28.6 Å². The van der Waals surface area contributed by atoms with E-state index in [-0.39, 0.29) is 5.75 Å². The molecule has 2 aromatic rings. The molecule has 202 valence electrons. The number of carbonyl (C=O) groups is 1. The first-order chi connectivity index (χ1) is 17.4. The Labute approximate surface area is 212 Å². The van der Waals surface area contributed by atoms with Crippen molar-refractivity contribution in [3.63, 3.8) is 0 Å². The predicted octanol–water partition coefficient (Wildman–Crippen LogP) is 2.22. The van der Waals surface area contributed by atoms with Gasteiger partial charge in [-0.1, -0.05) is 25.1 Å². The molecule has 0 amide bonds. The minimum atomic E-state index is -2.81. The second-order valence-electron chi connectivity index (χ2n) is 8.71. The van der Waals surface area contributed by atoms with Gasteiger partial charge in [0.15, 0.2) is 23.7 Å². The maximum atomic E-state index is 15.5. The molecule has 1 aromatic heterocycles. The van der Waals surface area contributed by atoms with Crippen LogP contribution in [-0.2, 0) is 23.7 Å². The Morgan fingerprint density at radius 3 is 2.59 bits per heavy atom. The van der Waals surface area contributed by atoms with Crippen LogP contribution in [0, 0.1) is 0 Å². The number of rotatable bonds is 11. The van der Waals surface area contributed by atoms with E-state index in [1.54, 1.807) is 37.3 Å². The van der Waals surface area contributed by atoms with Gasteiger partial charge in [-0.2, -0.15) is 0 Å². The Balaban J connectivity index is 1.79. The second-order valence-corrected chi connectivity index (χ2v) is 9.77. The molecule has 37 heavy (non-hydrogen) atoms. The summed E-state index contributed by atoms with van der Waals surface area (Å²) in [6.07, 6.45) is -3.55. The fraction of sp³-hybridized carbons (Fsp3) is 0.522. The quantitative estimate of drug-likeness (QED) is 0.246. The summed E-state index contributed by atoms with van der Waals surface area (Å²) in [4.78, 5) is 44.5. The minimum Gasteiger partial charge on any atom is -0.461 e. The topological polar surface area (TPSA) is 149 Å². The van der Waals surface area contributed by atoms with Crippen molar-refractivity contribution in [3.8, 4) is 5.75 Å². The molecule has 0 bridgehead atoms. The van der Waals surface area contributed by atoms with Crippen LogP contribution in [0.2, 0.25) is 0 Å². The molecule has 1 aromatic carbocycles. The molecule has 0 spiro atoms. The van der Waals surface area contributed by atoms with Crippen LogP contribution >= 0.6 is 8.18 Å². The maximum Gasteiger partial charge on any atom is 0.693 e. The smallest absolute Gasteiger partial charge is 0.461 e. The summed E-state index contributed by atoms with van der Waals surface area (Å²) in [7, 11) is -2.81. The van der Waals surface area contributed by atoms with E-state index in [9.17, 15) is 24.1 Å². The third kappa shape index (κ3) is 6.68. The number of benzene rings is 1. The van der Waals surface area contributed by atoms with Gasteiger partial charge >= 0.3 is 19.8 Å². The van der Waals surface area contributed by atoms with Crippen LogP contribution in [0.1, 0.15) is 40.3 Å². The van der Waals surface area contributed by atoms with Gasteiger partial charge in [0.05, 0.1) is 10.9 Å². The Kier molecular flexibility index (Phi) is 9.32. The molecule has 1 fully saturated rings. The number of para-hydroxylation sites is 1. The lowest BCUT2D eigenvalue weighted by Gasteiger charge is -2.24. The van der Waals surface area contributed by atoms with Crippen molar-refractivity contribution in [1.29, 1.82) is 0 Å². The summed E-state index contributed by atoms with van der Waals surface area (Å²) in [6, 6.07) is 7.96. The number of aliphatic hydroxyl groups excluding tert-OH is 1. The summed E-state index contributed by atoms with van der Waals surface area (Å²) in [5.41, 5.74) is -4.08. The molecule has 2 unspecified atom stereocenters. The third-order valence-electron chi connectivity index (χ3n) is 5.84. The number of nitrogens with one attached hydrogen (secondary N) is 1. The Hall–Kier alpha value is -2.96. The van der Waals surface area contributed by atoms with Gasteiger partial charge in [0.2, 0.25) is 0 Å². The first-order valence-electron chi connectivity index (χ1n) is 11.6. The average Bonchev–Trinajstić information content (AvgIpc) is 3.08. The minimum absolute atomic E-state index is 0.241. The summed E-state index contributed by atoms with van der Waals surface area (Å²) in [5.74, 6) is -0.499. The zero-order valence-corrected chi connectivity index (χ0v) is 21.7. The zero-order chi connectivity index (χ0) is 27.3. The summed E-state index contributed by atoms with van der Waals surface area (Å²) < 4.78 is 45.6. The Morgan fingerprint density at radius 2 is 1.97 bits per heavy atom. The van der Waals surface area contributed by atoms with E-state index < -0.39 is 68.3 Å². The molecule has 0 radical (unpaired) electrons. The highest BCUT2D eigenvalue weighted by atomic mass is 31.1. The summed E-state index contributed by atoms with van der Waals surface area (Å²) in [5, 5.41) is 10.6. The number of H-pyrrole nitrogens is 1. The zero-order valence-electron chi connectivity index (χ0n) is 20.8. The van der Waals surface area contributed by atoms with Crippen molar-refractivity contribution in [2.75, 3.05) is 6.61 Å². The van der Waals surface area contributed by atoms with Gasteiger partial charge < -0.3 is 14.6 Å². The molecule has 7 atom stereocenters. The highest BCUT2D eigenvalue weighted by Gasteiger charge is 2.56. The van der Waals surface area contributed by atoms with Crippen LogP contribution in [0.15, 0.2) is 52.2 Å². The predicted molar refractivity (Wildman–Crippen MR) is 129 cm³/mol. The van der Waals surface area contributed by atoms with Crippen LogP contribution in [0.3, 0.4) is 0 Å². The molecular formula is C23H30FN3O9P+. The number of aromatic nitrogens is 2. The number of hydroxylamine groups is 1. The molecule has 14 heteroatoms. The molecule has 1 aliphatic rings. The van der Waals surface area contributed by atoms with Crippen LogP contribution in [0.5, 0.6) is 5.75 Å². The SMILES string of the molecule is CCC(C)OC(=O)[C@H](C)N(OC[C@H]1O[C@@H](n2ccc(=O)[nH]c2=O)[C@](C)(F)[C@@H]1O)[P+](=O)Oc1ccccc1. The maximum absolute atomic E-state index is 15.5. The highest BCUT2D eigenvalue weighted by molar-refractivity contribution is 7.36. The van der Waals surface area contributed by atoms with Crippen LogP contribution in [0.4, 0.5) is 4.39 Å². The first-order valence-corrected chi connectivity index (χ1v) is 12.8. The van der Waals surface area contributed by atoms with E-state index in [4.69, 9.17) is 18.8 Å². The van der Waals surface area contributed by atoms with Crippen LogP contribution in [-0.4, -0.2) is 62.1 Å². The van der Waals surface area contributed by atoms with Crippen molar-refractivity contribution in [2.45, 2.75) is 70.4 Å². The normalized spacial score (nSPS) is 25.5. The van der Waals surface area contributed by atoms with Gasteiger partial charge in [-0.15, -0.1) is 0 Å². The highest BCUT2D eigenvalue weighted by Crippen LogP contribution is 2.41. The lowest BCUT2D eigenvalue weighted by molar-refractivity contribution is -0.183. The fourth-order valence-corrected chi connectivity index (χ4v) is 4.42. The van der Waals surface area contributed by atoms with E-state index in [1.165, 1.54) is 6.92 Å². The third-order valence-corrected chi connectivity index (χ3v) is 7.00. The molecule has 2 N–H and O–H groups in total. The number of hydrogen-bond acceptors (Lipinski definition) is 9. The molecular weight excluding hydrogens is 512 g/mol. The number of esters is 1. The van der Waals surface area contributed by atoms with E-state index in [2.05, 4.69) is 0 Å². The van der Waals surface area contributed by atoms with Gasteiger partial charge in [-0.25, -0.2) is 13.7 Å². The average molecular weight is 542 g/mol. The molecule has 0 saturated carbocycles. The number of aromatic amines is 1. The number of alkyl halides is 1. The monoisotopic (exact) mass is 542 g/mol.